The Hall–Kier alpha value is -7.97. The van der Waals surface area contributed by atoms with Gasteiger partial charge >= 0.3 is 12.1 Å². The fourth-order valence-electron chi connectivity index (χ4n) is 13.2. The first kappa shape index (κ1) is 89.2. The van der Waals surface area contributed by atoms with Gasteiger partial charge in [0.05, 0.1) is 31.0 Å². The molecule has 0 heterocycles. The minimum Gasteiger partial charge on any atom is -0.467 e. The molecule has 0 aromatic heterocycles. The second kappa shape index (κ2) is 40.3. The number of carbonyl (C=O) groups excluding carboxylic acids is 11. The SMILES string of the molecule is C/C=C/C[C@@H](C)[C@@H](O)[C@@H](C(=O)N[C@H](C(=O)OC)[C@@H](C)O)N(C)C(=O)[C@H](C(C)C)N(C)C(=O)[C@H](CC(C)C)NC(=O)[C@H](CC(C)C)N(C)C(=O)[C@@H](C)NC(=O)[C@H](C)NC(=O)[C@H](CC(C)C)N(C)C(=O)[C@H](CC(C)C)NC(=O)[C@H](C(C)OC(C)(C)C)N(C)C(=O)OCC1c2ccccc2-c2ccccc21. The van der Waals surface area contributed by atoms with Gasteiger partial charge in [-0.2, -0.15) is 0 Å². The van der Waals surface area contributed by atoms with Gasteiger partial charge in [0.15, 0.2) is 6.04 Å². The van der Waals surface area contributed by atoms with Gasteiger partial charge < -0.3 is 70.6 Å². The lowest BCUT2D eigenvalue weighted by atomic mass is 9.91. The van der Waals surface area contributed by atoms with Gasteiger partial charge in [-0.1, -0.05) is 137 Å². The normalized spacial score (nSPS) is 16.4. The van der Waals surface area contributed by atoms with Crippen molar-refractivity contribution in [2.45, 2.75) is 254 Å². The molecule has 3 rings (SSSR count). The number of carbonyl (C=O) groups is 11. The molecule has 10 amide bonds. The molecule has 0 saturated carbocycles. The van der Waals surface area contributed by atoms with E-state index in [4.69, 9.17) is 14.2 Å². The number of likely N-dealkylation sites (N-methyl/N-ethyl adjacent to an activating group) is 5. The predicted octanol–water partition coefficient (Wildman–Crippen LogP) is 6.57. The van der Waals surface area contributed by atoms with Gasteiger partial charge in [0.25, 0.3) is 0 Å². The maximum atomic E-state index is 14.9. The number of esters is 1. The van der Waals surface area contributed by atoms with E-state index in [1.165, 1.54) is 75.6 Å². The third-order valence-corrected chi connectivity index (χ3v) is 18.6. The van der Waals surface area contributed by atoms with Gasteiger partial charge in [0, 0.05) is 41.2 Å². The standard InChI is InChI=1S/C77H124N10O16/c1-26-27-32-47(12)65(89)64(70(94)82-61(50(15)88)75(99)101-25)86(23)74(98)62(46(10)11)85(22)73(97)58(38-43(4)5)80-68(92)60(40-45(8)9)83(20)71(95)49(14)79-66(90)48(13)78-67(91)59(39-44(6)7)84(21)72(96)57(37-42(2)3)81-69(93)63(51(16)103-77(17,18)19)87(24)76(100)102-41-56-54-35-30-28-33-52(54)53-34-29-31-36-55(53)56/h26-31,33-36,42-51,56-65,88-89H,32,37-41H2,1-25H3,(H,78,91)(H,79,90)(H,80,92)(H,81,93)(H,82,94)/b27-26+/t47-,48+,49-,50-,51?,57+,58+,59+,60+,61+,62+,63+,64+,65-/m1/s1. The smallest absolute Gasteiger partial charge is 0.410 e. The van der Waals surface area contributed by atoms with Gasteiger partial charge in [-0.25, -0.2) is 9.59 Å². The Morgan fingerprint density at radius 2 is 0.932 bits per heavy atom. The summed E-state index contributed by atoms with van der Waals surface area (Å²) in [6.07, 6.45) is -0.317. The fourth-order valence-corrected chi connectivity index (χ4v) is 13.2. The molecule has 0 bridgehead atoms. The molecule has 0 saturated heterocycles. The van der Waals surface area contributed by atoms with Crippen molar-refractivity contribution < 1.29 is 77.2 Å². The maximum Gasteiger partial charge on any atom is 0.410 e. The number of rotatable bonds is 38. The Morgan fingerprint density at radius 3 is 1.38 bits per heavy atom. The molecule has 578 valence electrons. The largest absolute Gasteiger partial charge is 0.467 e. The molecule has 0 spiro atoms. The highest BCUT2D eigenvalue weighted by Crippen LogP contribution is 2.44. The monoisotopic (exact) mass is 1440 g/mol. The quantitative estimate of drug-likeness (QED) is 0.0276. The first-order valence-corrected chi connectivity index (χ1v) is 36.2. The van der Waals surface area contributed by atoms with E-state index in [1.54, 1.807) is 46.8 Å². The molecule has 1 unspecified atom stereocenters. The third kappa shape index (κ3) is 25.1. The molecule has 0 radical (unpaired) electrons. The van der Waals surface area contributed by atoms with Crippen LogP contribution < -0.4 is 26.6 Å². The number of methoxy groups -OCH3 is 1. The Labute approximate surface area is 612 Å². The van der Waals surface area contributed by atoms with Crippen molar-refractivity contribution >= 4 is 65.2 Å². The van der Waals surface area contributed by atoms with Crippen LogP contribution in [0.5, 0.6) is 0 Å². The molecule has 103 heavy (non-hydrogen) atoms. The van der Waals surface area contributed by atoms with Gasteiger partial charge in [0.2, 0.25) is 53.2 Å². The number of benzene rings is 2. The van der Waals surface area contributed by atoms with Crippen molar-refractivity contribution in [1.82, 2.24) is 51.1 Å². The van der Waals surface area contributed by atoms with Crippen LogP contribution in [0.1, 0.15) is 181 Å². The van der Waals surface area contributed by atoms with Crippen LogP contribution in [-0.4, -0.2) is 233 Å². The molecular formula is C77H124N10O16. The van der Waals surface area contributed by atoms with E-state index in [2.05, 4.69) is 26.6 Å². The number of nitrogens with one attached hydrogen (secondary N) is 5. The van der Waals surface area contributed by atoms with Crippen molar-refractivity contribution in [2.75, 3.05) is 49.0 Å². The Morgan fingerprint density at radius 1 is 0.505 bits per heavy atom. The summed E-state index contributed by atoms with van der Waals surface area (Å²) in [6, 6.07) is 2.71. The molecule has 14 atom stereocenters. The van der Waals surface area contributed by atoms with E-state index in [0.29, 0.717) is 6.42 Å². The topological polar surface area (TPSA) is 332 Å². The number of hydrogen-bond acceptors (Lipinski definition) is 16. The number of aliphatic hydroxyl groups is 2. The van der Waals surface area contributed by atoms with E-state index in [-0.39, 0.29) is 61.9 Å². The van der Waals surface area contributed by atoms with E-state index in [0.717, 1.165) is 34.3 Å². The summed E-state index contributed by atoms with van der Waals surface area (Å²) in [6.45, 7) is 32.9. The van der Waals surface area contributed by atoms with Gasteiger partial charge in [-0.05, 0) is 145 Å². The first-order valence-electron chi connectivity index (χ1n) is 36.2. The van der Waals surface area contributed by atoms with Crippen LogP contribution in [0.4, 0.5) is 4.79 Å². The van der Waals surface area contributed by atoms with Crippen LogP contribution in [0.3, 0.4) is 0 Å². The summed E-state index contributed by atoms with van der Waals surface area (Å²) < 4.78 is 17.1. The summed E-state index contributed by atoms with van der Waals surface area (Å²) in [7, 11) is 8.05. The van der Waals surface area contributed by atoms with E-state index in [1.807, 2.05) is 125 Å². The van der Waals surface area contributed by atoms with E-state index >= 15 is 0 Å². The van der Waals surface area contributed by atoms with Crippen LogP contribution in [-0.2, 0) is 62.2 Å². The minimum atomic E-state index is -1.63. The highest BCUT2D eigenvalue weighted by molar-refractivity contribution is 5.99. The van der Waals surface area contributed by atoms with Crippen LogP contribution in [0, 0.1) is 35.5 Å². The summed E-state index contributed by atoms with van der Waals surface area (Å²) in [5.41, 5.74) is 3.35. The number of allylic oxidation sites excluding steroid dienone is 2. The zero-order valence-corrected chi connectivity index (χ0v) is 65.9. The summed E-state index contributed by atoms with van der Waals surface area (Å²) in [5.74, 6) is -9.71. The van der Waals surface area contributed by atoms with E-state index in [9.17, 15) is 63.0 Å². The first-order chi connectivity index (χ1) is 47.8. The molecule has 1 aliphatic rings. The summed E-state index contributed by atoms with van der Waals surface area (Å²) >= 11 is 0. The van der Waals surface area contributed by atoms with Gasteiger partial charge in [-0.15, -0.1) is 0 Å². The highest BCUT2D eigenvalue weighted by Gasteiger charge is 2.46. The van der Waals surface area contributed by atoms with Crippen LogP contribution in [0.15, 0.2) is 60.7 Å². The maximum absolute atomic E-state index is 14.9. The summed E-state index contributed by atoms with van der Waals surface area (Å²) in [4.78, 5) is 164. The van der Waals surface area contributed by atoms with Crippen molar-refractivity contribution in [3.05, 3.63) is 71.8 Å². The summed E-state index contributed by atoms with van der Waals surface area (Å²) in [5, 5.41) is 35.8. The van der Waals surface area contributed by atoms with Crippen LogP contribution in [0.2, 0.25) is 0 Å². The van der Waals surface area contributed by atoms with Crippen LogP contribution in [0.25, 0.3) is 11.1 Å². The molecule has 1 aliphatic carbocycles. The molecule has 0 aliphatic heterocycles. The van der Waals surface area contributed by atoms with Crippen molar-refractivity contribution in [2.24, 2.45) is 35.5 Å². The van der Waals surface area contributed by atoms with Crippen molar-refractivity contribution in [3.8, 4) is 11.1 Å². The predicted molar refractivity (Wildman–Crippen MR) is 395 cm³/mol. The number of nitrogens with zero attached hydrogens (tertiary/aromatic N) is 5. The molecule has 2 aromatic carbocycles. The molecule has 26 heteroatoms. The molecule has 26 nitrogen and oxygen atoms in total. The average Bonchev–Trinajstić information content (AvgIpc) is 1.64. The number of fused-ring (bicyclic) bond motifs is 3. The van der Waals surface area contributed by atoms with Gasteiger partial charge in [-0.3, -0.25) is 48.1 Å². The molecule has 0 fully saturated rings. The Bertz CT molecular complexity index is 3190. The molecular weight excluding hydrogens is 1320 g/mol. The van der Waals surface area contributed by atoms with Crippen molar-refractivity contribution in [1.29, 1.82) is 0 Å². The second-order valence-corrected chi connectivity index (χ2v) is 30.9. The van der Waals surface area contributed by atoms with Crippen LogP contribution >= 0.6 is 0 Å². The number of ether oxygens (including phenoxy) is 3. The lowest BCUT2D eigenvalue weighted by Crippen LogP contribution is -2.63. The lowest BCUT2D eigenvalue weighted by Gasteiger charge is -2.40. The zero-order valence-electron chi connectivity index (χ0n) is 65.9. The fraction of sp³-hybridized carbons (Fsp3) is 0.675. The van der Waals surface area contributed by atoms with Crippen molar-refractivity contribution in [3.63, 3.8) is 0 Å². The molecule has 7 N–H and O–H groups in total. The third-order valence-electron chi connectivity index (χ3n) is 18.6. The van der Waals surface area contributed by atoms with E-state index < -0.39 is 161 Å². The number of hydrogen-bond donors (Lipinski definition) is 7. The number of aliphatic hydroxyl groups excluding tert-OH is 2. The Balaban J connectivity index is 1.87. The molecule has 2 aromatic rings. The highest BCUT2D eigenvalue weighted by atomic mass is 16.6. The average molecular weight is 1450 g/mol. The van der Waals surface area contributed by atoms with Gasteiger partial charge in [0.1, 0.15) is 61.0 Å². The zero-order chi connectivity index (χ0) is 78.6. The Kier molecular flexibility index (Phi) is 35.0. The lowest BCUT2D eigenvalue weighted by molar-refractivity contribution is -0.156. The minimum absolute atomic E-state index is 0.0107. The second-order valence-electron chi connectivity index (χ2n) is 30.9. The number of amides is 10.